The Bertz CT molecular complexity index is 519. The summed E-state index contributed by atoms with van der Waals surface area (Å²) in [5.41, 5.74) is 2.72. The van der Waals surface area contributed by atoms with E-state index in [-0.39, 0.29) is 11.9 Å². The summed E-state index contributed by atoms with van der Waals surface area (Å²) < 4.78 is 13.6. The predicted octanol–water partition coefficient (Wildman–Crippen LogP) is 3.52. The van der Waals surface area contributed by atoms with Gasteiger partial charge in [0.05, 0.1) is 6.10 Å². The molecule has 0 radical (unpaired) electrons. The van der Waals surface area contributed by atoms with Crippen LogP contribution in [0, 0.1) is 12.7 Å². The molecule has 0 amide bonds. The number of hydrogen-bond acceptors (Lipinski definition) is 2. The second-order valence-corrected chi connectivity index (χ2v) is 5.02. The number of rotatable bonds is 5. The summed E-state index contributed by atoms with van der Waals surface area (Å²) >= 11 is 0. The van der Waals surface area contributed by atoms with Gasteiger partial charge in [-0.2, -0.15) is 0 Å². The molecule has 2 rings (SSSR count). The number of aliphatic hydroxyl groups excluding tert-OH is 1. The maximum absolute atomic E-state index is 13.6. The molecule has 0 heterocycles. The molecule has 2 atom stereocenters. The zero-order valence-electron chi connectivity index (χ0n) is 11.8. The van der Waals surface area contributed by atoms with E-state index in [1.807, 2.05) is 19.1 Å². The van der Waals surface area contributed by atoms with Crippen LogP contribution in [-0.2, 0) is 0 Å². The van der Waals surface area contributed by atoms with Crippen LogP contribution in [0.4, 0.5) is 4.39 Å². The third-order valence-electron chi connectivity index (χ3n) is 3.54. The maximum Gasteiger partial charge on any atom is 0.129 e. The lowest BCUT2D eigenvalue weighted by Gasteiger charge is -2.19. The van der Waals surface area contributed by atoms with Crippen LogP contribution in [0.2, 0.25) is 0 Å². The van der Waals surface area contributed by atoms with Gasteiger partial charge in [-0.05, 0) is 31.0 Å². The van der Waals surface area contributed by atoms with Crippen molar-refractivity contribution in [3.05, 3.63) is 71.0 Å². The van der Waals surface area contributed by atoms with Crippen molar-refractivity contribution >= 4 is 0 Å². The van der Waals surface area contributed by atoms with Crippen LogP contribution >= 0.6 is 0 Å². The predicted molar refractivity (Wildman–Crippen MR) is 79.0 cm³/mol. The van der Waals surface area contributed by atoms with Gasteiger partial charge in [-0.1, -0.05) is 42.5 Å². The van der Waals surface area contributed by atoms with Crippen LogP contribution in [0.3, 0.4) is 0 Å². The van der Waals surface area contributed by atoms with Gasteiger partial charge in [-0.3, -0.25) is 0 Å². The minimum atomic E-state index is -0.845. The van der Waals surface area contributed by atoms with Gasteiger partial charge in [0.2, 0.25) is 0 Å². The van der Waals surface area contributed by atoms with Crippen LogP contribution in [-0.4, -0.2) is 11.7 Å². The molecule has 106 valence electrons. The molecule has 20 heavy (non-hydrogen) atoms. The fourth-order valence-electron chi connectivity index (χ4n) is 2.33. The van der Waals surface area contributed by atoms with E-state index in [0.717, 1.165) is 0 Å². The fourth-order valence-corrected chi connectivity index (χ4v) is 2.33. The zero-order chi connectivity index (χ0) is 14.5. The van der Waals surface area contributed by atoms with Crippen LogP contribution < -0.4 is 5.32 Å². The van der Waals surface area contributed by atoms with Gasteiger partial charge in [0.15, 0.2) is 0 Å². The van der Waals surface area contributed by atoms with Crippen molar-refractivity contribution in [2.24, 2.45) is 0 Å². The van der Waals surface area contributed by atoms with E-state index in [9.17, 15) is 9.50 Å². The van der Waals surface area contributed by atoms with E-state index in [1.54, 1.807) is 18.2 Å². The number of aryl methyl sites for hydroxylation is 1. The first-order valence-electron chi connectivity index (χ1n) is 6.81. The van der Waals surface area contributed by atoms with Crippen LogP contribution in [0.25, 0.3) is 0 Å². The minimum absolute atomic E-state index is 0.109. The molecule has 0 saturated heterocycles. The Morgan fingerprint density at radius 3 is 2.30 bits per heavy atom. The second-order valence-electron chi connectivity index (χ2n) is 5.02. The summed E-state index contributed by atoms with van der Waals surface area (Å²) in [6.45, 7) is 4.41. The molecule has 0 aliphatic rings. The molecular weight excluding hydrogens is 253 g/mol. The highest BCUT2D eigenvalue weighted by atomic mass is 19.1. The zero-order valence-corrected chi connectivity index (χ0v) is 11.8. The van der Waals surface area contributed by atoms with Gasteiger partial charge in [0.1, 0.15) is 5.82 Å². The maximum atomic E-state index is 13.6. The molecule has 2 N–H and O–H groups in total. The monoisotopic (exact) mass is 273 g/mol. The molecule has 0 aliphatic carbocycles. The Labute approximate surface area is 119 Å². The van der Waals surface area contributed by atoms with Gasteiger partial charge < -0.3 is 10.4 Å². The smallest absolute Gasteiger partial charge is 0.129 e. The Hall–Kier alpha value is -1.71. The molecular formula is C17H20FNO. The minimum Gasteiger partial charge on any atom is -0.387 e. The summed E-state index contributed by atoms with van der Waals surface area (Å²) in [7, 11) is 0. The van der Waals surface area contributed by atoms with Crippen molar-refractivity contribution in [3.63, 3.8) is 0 Å². The molecule has 2 aromatic carbocycles. The van der Waals surface area contributed by atoms with Crippen molar-refractivity contribution in [1.29, 1.82) is 0 Å². The van der Waals surface area contributed by atoms with Crippen molar-refractivity contribution < 1.29 is 9.50 Å². The number of aliphatic hydroxyl groups is 1. The first kappa shape index (κ1) is 14.7. The summed E-state index contributed by atoms with van der Waals surface area (Å²) in [4.78, 5) is 0. The summed E-state index contributed by atoms with van der Waals surface area (Å²) in [5.74, 6) is -0.370. The third kappa shape index (κ3) is 3.44. The Balaban J connectivity index is 1.99. The van der Waals surface area contributed by atoms with Crippen molar-refractivity contribution in [1.82, 2.24) is 5.32 Å². The SMILES string of the molecule is Cc1ccccc1C(C)NCC(O)c1ccccc1F. The number of hydrogen-bond donors (Lipinski definition) is 2. The van der Waals surface area contributed by atoms with E-state index in [4.69, 9.17) is 0 Å². The normalized spacial score (nSPS) is 14.0. The fraction of sp³-hybridized carbons (Fsp3) is 0.294. The molecule has 0 saturated carbocycles. The average Bonchev–Trinajstić information content (AvgIpc) is 2.45. The first-order chi connectivity index (χ1) is 9.59. The van der Waals surface area contributed by atoms with Crippen LogP contribution in [0.15, 0.2) is 48.5 Å². The largest absolute Gasteiger partial charge is 0.387 e. The summed E-state index contributed by atoms with van der Waals surface area (Å²) in [6.07, 6.45) is -0.845. The lowest BCUT2D eigenvalue weighted by Crippen LogP contribution is -2.25. The molecule has 2 nitrogen and oxygen atoms in total. The Morgan fingerprint density at radius 2 is 1.65 bits per heavy atom. The molecule has 0 aliphatic heterocycles. The summed E-state index contributed by atoms with van der Waals surface area (Å²) in [6, 6.07) is 14.5. The van der Waals surface area contributed by atoms with E-state index in [1.165, 1.54) is 17.2 Å². The number of nitrogens with one attached hydrogen (secondary N) is 1. The van der Waals surface area contributed by atoms with Crippen LogP contribution in [0.1, 0.15) is 35.8 Å². The highest BCUT2D eigenvalue weighted by Gasteiger charge is 2.14. The topological polar surface area (TPSA) is 32.3 Å². The van der Waals surface area contributed by atoms with Crippen molar-refractivity contribution in [2.45, 2.75) is 26.0 Å². The van der Waals surface area contributed by atoms with Gasteiger partial charge in [-0.15, -0.1) is 0 Å². The lowest BCUT2D eigenvalue weighted by molar-refractivity contribution is 0.166. The summed E-state index contributed by atoms with van der Waals surface area (Å²) in [5, 5.41) is 13.3. The van der Waals surface area contributed by atoms with Gasteiger partial charge in [-0.25, -0.2) is 4.39 Å². The van der Waals surface area contributed by atoms with Crippen molar-refractivity contribution in [3.8, 4) is 0 Å². The first-order valence-corrected chi connectivity index (χ1v) is 6.81. The molecule has 0 fully saturated rings. The van der Waals surface area contributed by atoms with E-state index < -0.39 is 6.10 Å². The Kier molecular flexibility index (Phi) is 4.88. The molecule has 0 aromatic heterocycles. The number of halogens is 1. The average molecular weight is 273 g/mol. The van der Waals surface area contributed by atoms with Crippen molar-refractivity contribution in [2.75, 3.05) is 6.54 Å². The van der Waals surface area contributed by atoms with E-state index in [0.29, 0.717) is 12.1 Å². The highest BCUT2D eigenvalue weighted by molar-refractivity contribution is 5.28. The highest BCUT2D eigenvalue weighted by Crippen LogP contribution is 2.19. The molecule has 0 bridgehead atoms. The van der Waals surface area contributed by atoms with Gasteiger partial charge in [0.25, 0.3) is 0 Å². The van der Waals surface area contributed by atoms with Gasteiger partial charge in [0, 0.05) is 18.2 Å². The van der Waals surface area contributed by atoms with E-state index in [2.05, 4.69) is 24.4 Å². The molecule has 2 unspecified atom stereocenters. The Morgan fingerprint density at radius 1 is 1.05 bits per heavy atom. The quantitative estimate of drug-likeness (QED) is 0.873. The second kappa shape index (κ2) is 6.64. The third-order valence-corrected chi connectivity index (χ3v) is 3.54. The molecule has 0 spiro atoms. The molecule has 3 heteroatoms. The standard InChI is InChI=1S/C17H20FNO/c1-12-7-3-4-8-14(12)13(2)19-11-17(20)15-9-5-6-10-16(15)18/h3-10,13,17,19-20H,11H2,1-2H3. The van der Waals surface area contributed by atoms with Gasteiger partial charge >= 0.3 is 0 Å². The lowest BCUT2D eigenvalue weighted by atomic mass is 10.0. The number of benzene rings is 2. The van der Waals surface area contributed by atoms with E-state index >= 15 is 0 Å². The van der Waals surface area contributed by atoms with Crippen LogP contribution in [0.5, 0.6) is 0 Å². The molecule has 2 aromatic rings.